The lowest BCUT2D eigenvalue weighted by molar-refractivity contribution is 0.00578. The molecular weight excluding hydrogens is 239 g/mol. The van der Waals surface area contributed by atoms with Crippen molar-refractivity contribution in [3.05, 3.63) is 24.2 Å². The van der Waals surface area contributed by atoms with Crippen LogP contribution in [0, 0.1) is 0 Å². The molecule has 0 spiro atoms. The number of rotatable bonds is 3. The fraction of sp³-hybridized carbons (Fsp3) is 0.643. The second-order valence-corrected chi connectivity index (χ2v) is 6.27. The van der Waals surface area contributed by atoms with E-state index in [0.717, 1.165) is 5.82 Å². The van der Waals surface area contributed by atoms with Crippen LogP contribution in [-0.2, 0) is 9.31 Å². The second kappa shape index (κ2) is 4.80. The minimum absolute atomic E-state index is 0.296. The van der Waals surface area contributed by atoms with Crippen LogP contribution < -0.4 is 0 Å². The summed E-state index contributed by atoms with van der Waals surface area (Å²) in [7, 11) is -0.317. The molecule has 1 aliphatic rings. The number of aromatic nitrogens is 2. The van der Waals surface area contributed by atoms with Crippen LogP contribution in [0.5, 0.6) is 0 Å². The maximum absolute atomic E-state index is 5.92. The third-order valence-corrected chi connectivity index (χ3v) is 3.93. The van der Waals surface area contributed by atoms with Gasteiger partial charge in [-0.05, 0) is 47.6 Å². The van der Waals surface area contributed by atoms with Crippen LogP contribution in [0.15, 0.2) is 18.4 Å². The Hall–Kier alpha value is -1.07. The van der Waals surface area contributed by atoms with E-state index in [9.17, 15) is 0 Å². The van der Waals surface area contributed by atoms with E-state index in [1.807, 2.05) is 24.4 Å². The summed E-state index contributed by atoms with van der Waals surface area (Å²) < 4.78 is 13.9. The molecule has 104 valence electrons. The highest BCUT2D eigenvalue weighted by atomic mass is 16.7. The lowest BCUT2D eigenvalue weighted by atomic mass is 9.90. The van der Waals surface area contributed by atoms with Crippen molar-refractivity contribution in [2.24, 2.45) is 0 Å². The van der Waals surface area contributed by atoms with Gasteiger partial charge in [-0.1, -0.05) is 5.98 Å². The average molecular weight is 262 g/mol. The molecule has 1 fully saturated rings. The first-order valence-corrected chi connectivity index (χ1v) is 6.79. The third-order valence-electron chi connectivity index (χ3n) is 3.93. The molecule has 1 saturated heterocycles. The summed E-state index contributed by atoms with van der Waals surface area (Å²) in [4.78, 5) is 4.34. The Morgan fingerprint density at radius 2 is 1.79 bits per heavy atom. The van der Waals surface area contributed by atoms with Crippen molar-refractivity contribution in [1.29, 1.82) is 0 Å². The Balaban J connectivity index is 2.11. The molecule has 1 aromatic heterocycles. The van der Waals surface area contributed by atoms with Gasteiger partial charge in [0.05, 0.1) is 11.2 Å². The largest absolute Gasteiger partial charge is 0.487 e. The van der Waals surface area contributed by atoms with E-state index in [1.54, 1.807) is 0 Å². The van der Waals surface area contributed by atoms with Crippen LogP contribution >= 0.6 is 0 Å². The zero-order valence-electron chi connectivity index (χ0n) is 12.7. The molecule has 0 atom stereocenters. The normalized spacial score (nSPS) is 21.7. The fourth-order valence-electron chi connectivity index (χ4n) is 2.02. The Morgan fingerprint density at radius 3 is 2.32 bits per heavy atom. The van der Waals surface area contributed by atoms with Crippen molar-refractivity contribution in [1.82, 2.24) is 9.55 Å². The van der Waals surface area contributed by atoms with E-state index in [1.165, 1.54) is 0 Å². The summed E-state index contributed by atoms with van der Waals surface area (Å²) in [5.74, 6) is 2.85. The van der Waals surface area contributed by atoms with Gasteiger partial charge in [0.15, 0.2) is 0 Å². The first-order valence-electron chi connectivity index (χ1n) is 6.79. The lowest BCUT2D eigenvalue weighted by Crippen LogP contribution is -2.41. The molecule has 2 rings (SSSR count). The molecule has 0 bridgehead atoms. The number of imidazole rings is 1. The predicted molar refractivity (Wildman–Crippen MR) is 77.7 cm³/mol. The first kappa shape index (κ1) is 14.3. The number of hydrogen-bond donors (Lipinski definition) is 0. The van der Waals surface area contributed by atoms with Crippen molar-refractivity contribution >= 4 is 13.2 Å². The van der Waals surface area contributed by atoms with Gasteiger partial charge in [0, 0.05) is 18.4 Å². The molecule has 4 nitrogen and oxygen atoms in total. The van der Waals surface area contributed by atoms with Crippen molar-refractivity contribution in [2.45, 2.75) is 58.8 Å². The van der Waals surface area contributed by atoms with E-state index in [0.29, 0.717) is 6.04 Å². The summed E-state index contributed by atoms with van der Waals surface area (Å²) in [5.41, 5.74) is -0.592. The molecule has 0 unspecified atom stereocenters. The van der Waals surface area contributed by atoms with Gasteiger partial charge >= 0.3 is 7.12 Å². The molecule has 0 aromatic carbocycles. The zero-order valence-corrected chi connectivity index (χ0v) is 12.7. The molecule has 5 heteroatoms. The predicted octanol–water partition coefficient (Wildman–Crippen LogP) is 3.11. The zero-order chi connectivity index (χ0) is 14.3. The lowest BCUT2D eigenvalue weighted by Gasteiger charge is -2.32. The van der Waals surface area contributed by atoms with Gasteiger partial charge in [0.25, 0.3) is 0 Å². The summed E-state index contributed by atoms with van der Waals surface area (Å²) in [5, 5.41) is 0. The number of hydrogen-bond acceptors (Lipinski definition) is 3. The third kappa shape index (κ3) is 2.77. The number of nitrogens with zero attached hydrogens (tertiary/aromatic N) is 2. The van der Waals surface area contributed by atoms with Crippen molar-refractivity contribution < 1.29 is 9.31 Å². The van der Waals surface area contributed by atoms with Gasteiger partial charge in [-0.15, -0.1) is 0 Å². The van der Waals surface area contributed by atoms with E-state index in [2.05, 4.69) is 51.1 Å². The molecule has 1 aromatic rings. The Bertz CT molecular complexity index is 462. The minimum atomic E-state index is -0.317. The summed E-state index contributed by atoms with van der Waals surface area (Å²) in [6, 6.07) is 0.389. The quantitative estimate of drug-likeness (QED) is 0.785. The van der Waals surface area contributed by atoms with E-state index in [4.69, 9.17) is 9.31 Å². The average Bonchev–Trinajstić information content (AvgIpc) is 2.79. The smallest absolute Gasteiger partial charge is 0.400 e. The summed E-state index contributed by atoms with van der Waals surface area (Å²) >= 11 is 0. The molecule has 0 amide bonds. The van der Waals surface area contributed by atoms with E-state index in [-0.39, 0.29) is 18.3 Å². The highest BCUT2D eigenvalue weighted by Gasteiger charge is 2.50. The standard InChI is InChI=1S/C14H23BN2O2/c1-11(2)17-10-9-16-12(17)7-8-15-18-13(3,4)14(5,6)19-15/h7-11H,1-6H3/b8-7+. The van der Waals surface area contributed by atoms with Gasteiger partial charge in [-0.25, -0.2) is 4.98 Å². The first-order chi connectivity index (χ1) is 8.73. The van der Waals surface area contributed by atoms with Crippen molar-refractivity contribution in [3.63, 3.8) is 0 Å². The van der Waals surface area contributed by atoms with E-state index >= 15 is 0 Å². The molecule has 0 radical (unpaired) electrons. The van der Waals surface area contributed by atoms with Crippen LogP contribution in [0.4, 0.5) is 0 Å². The van der Waals surface area contributed by atoms with Crippen LogP contribution in [0.3, 0.4) is 0 Å². The molecule has 1 aliphatic heterocycles. The van der Waals surface area contributed by atoms with Crippen LogP contribution in [0.25, 0.3) is 6.08 Å². The molecule has 19 heavy (non-hydrogen) atoms. The molecule has 2 heterocycles. The van der Waals surface area contributed by atoms with Gasteiger partial charge in [-0.3, -0.25) is 0 Å². The Labute approximate surface area is 116 Å². The Morgan fingerprint density at radius 1 is 1.21 bits per heavy atom. The summed E-state index contributed by atoms with van der Waals surface area (Å²) in [6.07, 6.45) is 5.75. The fourth-order valence-corrected chi connectivity index (χ4v) is 2.02. The van der Waals surface area contributed by atoms with Crippen molar-refractivity contribution in [3.8, 4) is 0 Å². The second-order valence-electron chi connectivity index (χ2n) is 6.27. The van der Waals surface area contributed by atoms with Gasteiger partial charge < -0.3 is 13.9 Å². The van der Waals surface area contributed by atoms with Gasteiger partial charge in [0.1, 0.15) is 5.82 Å². The molecule has 0 saturated carbocycles. The monoisotopic (exact) mass is 262 g/mol. The highest BCUT2D eigenvalue weighted by Crippen LogP contribution is 2.36. The summed E-state index contributed by atoms with van der Waals surface area (Å²) in [6.45, 7) is 12.5. The van der Waals surface area contributed by atoms with E-state index < -0.39 is 0 Å². The van der Waals surface area contributed by atoms with Crippen LogP contribution in [0.1, 0.15) is 53.4 Å². The highest BCUT2D eigenvalue weighted by molar-refractivity contribution is 6.52. The van der Waals surface area contributed by atoms with Crippen LogP contribution in [0.2, 0.25) is 0 Å². The molecular formula is C14H23BN2O2. The van der Waals surface area contributed by atoms with Gasteiger partial charge in [0.2, 0.25) is 0 Å². The maximum Gasteiger partial charge on any atom is 0.487 e. The van der Waals surface area contributed by atoms with Crippen molar-refractivity contribution in [2.75, 3.05) is 0 Å². The SMILES string of the molecule is CC(C)n1ccnc1/C=C/B1OC(C)(C)C(C)(C)O1. The Kier molecular flexibility index (Phi) is 3.62. The van der Waals surface area contributed by atoms with Crippen LogP contribution in [-0.4, -0.2) is 27.9 Å². The van der Waals surface area contributed by atoms with Gasteiger partial charge in [-0.2, -0.15) is 0 Å². The topological polar surface area (TPSA) is 36.3 Å². The molecule has 0 aliphatic carbocycles. The molecule has 0 N–H and O–H groups in total. The maximum atomic E-state index is 5.92. The minimum Gasteiger partial charge on any atom is -0.400 e.